The van der Waals surface area contributed by atoms with Gasteiger partial charge in [-0.1, -0.05) is 6.07 Å². The van der Waals surface area contributed by atoms with Crippen LogP contribution in [0.1, 0.15) is 31.2 Å². The molecule has 2 rings (SSSR count). The molecule has 0 unspecified atom stereocenters. The summed E-state index contributed by atoms with van der Waals surface area (Å²) < 4.78 is 27.8. The van der Waals surface area contributed by atoms with Gasteiger partial charge in [0, 0.05) is 11.0 Å². The Labute approximate surface area is 128 Å². The average Bonchev–Trinajstić information content (AvgIpc) is 2.37. The van der Waals surface area contributed by atoms with Crippen molar-refractivity contribution in [2.45, 2.75) is 43.6 Å². The summed E-state index contributed by atoms with van der Waals surface area (Å²) in [6.45, 7) is 2.36. The molecule has 0 atom stereocenters. The highest BCUT2D eigenvalue weighted by molar-refractivity contribution is 9.10. The van der Waals surface area contributed by atoms with Crippen LogP contribution in [0.5, 0.6) is 0 Å². The van der Waals surface area contributed by atoms with E-state index in [1.165, 1.54) is 0 Å². The summed E-state index contributed by atoms with van der Waals surface area (Å²) in [5.74, 6) is 0.317. The van der Waals surface area contributed by atoms with Gasteiger partial charge in [0.25, 0.3) is 0 Å². The zero-order chi connectivity index (χ0) is 14.8. The molecule has 0 aliphatic heterocycles. The van der Waals surface area contributed by atoms with E-state index >= 15 is 0 Å². The molecule has 1 aromatic rings. The van der Waals surface area contributed by atoms with Crippen LogP contribution in [0.15, 0.2) is 27.6 Å². The van der Waals surface area contributed by atoms with Gasteiger partial charge in [0.1, 0.15) is 0 Å². The third-order valence-corrected chi connectivity index (χ3v) is 6.16. The standard InChI is InChI=1S/C14H20BrNO3S/c1-10-2-7-14(13(15)8-10)20(18,19)16-9-11-3-5-12(17)6-4-11/h2,7-8,11-12,16-17H,3-6,9H2,1H3. The highest BCUT2D eigenvalue weighted by Gasteiger charge is 2.23. The van der Waals surface area contributed by atoms with Crippen LogP contribution in [0, 0.1) is 12.8 Å². The van der Waals surface area contributed by atoms with Gasteiger partial charge in [-0.05, 0) is 72.2 Å². The Morgan fingerprint density at radius 1 is 1.30 bits per heavy atom. The highest BCUT2D eigenvalue weighted by atomic mass is 79.9. The molecule has 0 bridgehead atoms. The van der Waals surface area contributed by atoms with Gasteiger partial charge in [-0.3, -0.25) is 0 Å². The molecule has 2 N–H and O–H groups in total. The van der Waals surface area contributed by atoms with Gasteiger partial charge < -0.3 is 5.11 Å². The number of aryl methyl sites for hydroxylation is 1. The minimum atomic E-state index is -3.48. The molecule has 0 aromatic heterocycles. The number of sulfonamides is 1. The summed E-state index contributed by atoms with van der Waals surface area (Å²) in [6, 6.07) is 5.20. The van der Waals surface area contributed by atoms with Crippen molar-refractivity contribution >= 4 is 26.0 Å². The minimum Gasteiger partial charge on any atom is -0.393 e. The van der Waals surface area contributed by atoms with Crippen molar-refractivity contribution < 1.29 is 13.5 Å². The van der Waals surface area contributed by atoms with E-state index in [1.807, 2.05) is 6.92 Å². The molecule has 0 radical (unpaired) electrons. The van der Waals surface area contributed by atoms with Crippen molar-refractivity contribution in [3.63, 3.8) is 0 Å². The lowest BCUT2D eigenvalue weighted by atomic mass is 9.88. The summed E-state index contributed by atoms with van der Waals surface area (Å²) in [5, 5.41) is 9.45. The van der Waals surface area contributed by atoms with Crippen molar-refractivity contribution in [2.75, 3.05) is 6.54 Å². The maximum atomic E-state index is 12.3. The summed E-state index contributed by atoms with van der Waals surface area (Å²) in [7, 11) is -3.48. The van der Waals surface area contributed by atoms with E-state index in [1.54, 1.807) is 18.2 Å². The molecule has 1 aromatic carbocycles. The zero-order valence-corrected chi connectivity index (χ0v) is 13.9. The molecule has 1 aliphatic carbocycles. The largest absolute Gasteiger partial charge is 0.393 e. The molecule has 4 nitrogen and oxygen atoms in total. The number of aliphatic hydroxyl groups is 1. The molecule has 0 saturated heterocycles. The van der Waals surface area contributed by atoms with Gasteiger partial charge in [0.15, 0.2) is 0 Å². The molecule has 0 spiro atoms. The lowest BCUT2D eigenvalue weighted by Crippen LogP contribution is -2.32. The van der Waals surface area contributed by atoms with Crippen molar-refractivity contribution in [1.29, 1.82) is 0 Å². The molecule has 6 heteroatoms. The lowest BCUT2D eigenvalue weighted by Gasteiger charge is -2.25. The van der Waals surface area contributed by atoms with Crippen LogP contribution in [0.4, 0.5) is 0 Å². The molecule has 1 aliphatic rings. The second-order valence-corrected chi connectivity index (χ2v) is 8.05. The van der Waals surface area contributed by atoms with Gasteiger partial charge in [-0.25, -0.2) is 13.1 Å². The van der Waals surface area contributed by atoms with Gasteiger partial charge in [-0.2, -0.15) is 0 Å². The summed E-state index contributed by atoms with van der Waals surface area (Å²) in [4.78, 5) is 0.277. The first-order valence-electron chi connectivity index (χ1n) is 6.82. The fourth-order valence-corrected chi connectivity index (χ4v) is 4.78. The zero-order valence-electron chi connectivity index (χ0n) is 11.5. The second kappa shape index (κ2) is 6.56. The third-order valence-electron chi connectivity index (χ3n) is 3.76. The van der Waals surface area contributed by atoms with E-state index in [0.29, 0.717) is 16.9 Å². The predicted octanol–water partition coefficient (Wildman–Crippen LogP) is 2.59. The number of benzene rings is 1. The Morgan fingerprint density at radius 3 is 2.55 bits per heavy atom. The molecule has 112 valence electrons. The Bertz CT molecular complexity index is 566. The maximum absolute atomic E-state index is 12.3. The van der Waals surface area contributed by atoms with Gasteiger partial charge in [0.05, 0.1) is 11.0 Å². The molecule has 0 heterocycles. The fourth-order valence-electron chi connectivity index (χ4n) is 2.48. The maximum Gasteiger partial charge on any atom is 0.241 e. The van der Waals surface area contributed by atoms with E-state index in [0.717, 1.165) is 31.2 Å². The van der Waals surface area contributed by atoms with E-state index in [9.17, 15) is 13.5 Å². The molecule has 1 saturated carbocycles. The number of aliphatic hydroxyl groups excluding tert-OH is 1. The van der Waals surface area contributed by atoms with E-state index < -0.39 is 10.0 Å². The predicted molar refractivity (Wildman–Crippen MR) is 82.0 cm³/mol. The van der Waals surface area contributed by atoms with Crippen LogP contribution in [0.25, 0.3) is 0 Å². The van der Waals surface area contributed by atoms with E-state index in [-0.39, 0.29) is 11.0 Å². The minimum absolute atomic E-state index is 0.214. The summed E-state index contributed by atoms with van der Waals surface area (Å²) in [6.07, 6.45) is 3.06. The topological polar surface area (TPSA) is 66.4 Å². The van der Waals surface area contributed by atoms with Crippen LogP contribution >= 0.6 is 15.9 Å². The lowest BCUT2D eigenvalue weighted by molar-refractivity contribution is 0.109. The molecular weight excluding hydrogens is 342 g/mol. The van der Waals surface area contributed by atoms with Gasteiger partial charge >= 0.3 is 0 Å². The first kappa shape index (κ1) is 15.9. The quantitative estimate of drug-likeness (QED) is 0.865. The van der Waals surface area contributed by atoms with Crippen molar-refractivity contribution in [3.8, 4) is 0 Å². The van der Waals surface area contributed by atoms with Gasteiger partial charge in [0.2, 0.25) is 10.0 Å². The first-order valence-corrected chi connectivity index (χ1v) is 9.10. The molecular formula is C14H20BrNO3S. The van der Waals surface area contributed by atoms with Crippen molar-refractivity contribution in [3.05, 3.63) is 28.2 Å². The van der Waals surface area contributed by atoms with E-state index in [2.05, 4.69) is 20.7 Å². The Morgan fingerprint density at radius 2 is 1.95 bits per heavy atom. The van der Waals surface area contributed by atoms with Crippen LogP contribution in [-0.4, -0.2) is 26.2 Å². The number of hydrogen-bond donors (Lipinski definition) is 2. The SMILES string of the molecule is Cc1ccc(S(=O)(=O)NCC2CCC(O)CC2)c(Br)c1. The summed E-state index contributed by atoms with van der Waals surface area (Å²) >= 11 is 3.30. The second-order valence-electron chi connectivity index (χ2n) is 5.46. The smallest absolute Gasteiger partial charge is 0.241 e. The van der Waals surface area contributed by atoms with Crippen LogP contribution in [0.3, 0.4) is 0 Å². The number of halogens is 1. The number of hydrogen-bond acceptors (Lipinski definition) is 3. The summed E-state index contributed by atoms with van der Waals surface area (Å²) in [5.41, 5.74) is 1.01. The third kappa shape index (κ3) is 4.04. The van der Waals surface area contributed by atoms with Gasteiger partial charge in [-0.15, -0.1) is 0 Å². The Balaban J connectivity index is 2.00. The van der Waals surface area contributed by atoms with Crippen LogP contribution in [-0.2, 0) is 10.0 Å². The normalized spacial score (nSPS) is 23.8. The average molecular weight is 362 g/mol. The van der Waals surface area contributed by atoms with Crippen LogP contribution in [0.2, 0.25) is 0 Å². The Hall–Kier alpha value is -0.430. The van der Waals surface area contributed by atoms with Crippen LogP contribution < -0.4 is 4.72 Å². The van der Waals surface area contributed by atoms with Crippen molar-refractivity contribution in [1.82, 2.24) is 4.72 Å². The number of nitrogens with one attached hydrogen (secondary N) is 1. The van der Waals surface area contributed by atoms with E-state index in [4.69, 9.17) is 0 Å². The highest BCUT2D eigenvalue weighted by Crippen LogP contribution is 2.26. The fraction of sp³-hybridized carbons (Fsp3) is 0.571. The molecule has 1 fully saturated rings. The number of rotatable bonds is 4. The Kier molecular flexibility index (Phi) is 5.23. The molecule has 20 heavy (non-hydrogen) atoms. The molecule has 0 amide bonds. The van der Waals surface area contributed by atoms with Crippen molar-refractivity contribution in [2.24, 2.45) is 5.92 Å². The first-order chi connectivity index (χ1) is 9.38. The monoisotopic (exact) mass is 361 g/mol.